The molecule has 0 N–H and O–H groups in total. The molecule has 55 heavy (non-hydrogen) atoms. The summed E-state index contributed by atoms with van der Waals surface area (Å²) in [6.45, 7) is 0. The molecule has 0 radical (unpaired) electrons. The average Bonchev–Trinajstić information content (AvgIpc) is 3.59. The number of hydrogen-bond donors (Lipinski definition) is 0. The molecule has 3 aromatic heterocycles. The molecular formula is C48H33N5O2. The van der Waals surface area contributed by atoms with Crippen molar-refractivity contribution in [1.29, 1.82) is 0 Å². The Balaban J connectivity index is 1.23. The molecule has 0 fully saturated rings. The zero-order chi connectivity index (χ0) is 36.9. The van der Waals surface area contributed by atoms with Crippen LogP contribution in [-0.2, 0) is 0 Å². The quantitative estimate of drug-likeness (QED) is 0.164. The van der Waals surface area contributed by atoms with Crippen LogP contribution in [0.25, 0.3) is 94.6 Å². The van der Waals surface area contributed by atoms with Crippen LogP contribution >= 0.6 is 0 Å². The van der Waals surface area contributed by atoms with Crippen LogP contribution in [0.3, 0.4) is 0 Å². The van der Waals surface area contributed by atoms with Gasteiger partial charge in [-0.05, 0) is 109 Å². The Hall–Kier alpha value is -7.38. The summed E-state index contributed by atoms with van der Waals surface area (Å²) < 4.78 is 13.3. The van der Waals surface area contributed by atoms with Crippen LogP contribution in [0.1, 0.15) is 0 Å². The second-order valence-electron chi connectivity index (χ2n) is 13.4. The SMILES string of the molecule is COc1ccc(-c2nc3ccccc3nc2-c2ccc3c(c2)c2cc(-c4nc5ccccc5nc4-c4ccc(OC)cc4)ccc2n3-c2ccccc2)cc1. The van der Waals surface area contributed by atoms with E-state index in [2.05, 4.69) is 65.2 Å². The largest absolute Gasteiger partial charge is 0.497 e. The predicted molar refractivity (Wildman–Crippen MR) is 222 cm³/mol. The molecule has 0 atom stereocenters. The molecule has 0 spiro atoms. The van der Waals surface area contributed by atoms with Crippen molar-refractivity contribution >= 4 is 43.9 Å². The average molecular weight is 712 g/mol. The summed E-state index contributed by atoms with van der Waals surface area (Å²) in [4.78, 5) is 20.8. The second kappa shape index (κ2) is 13.2. The highest BCUT2D eigenvalue weighted by atomic mass is 16.5. The van der Waals surface area contributed by atoms with Crippen molar-refractivity contribution in [3.05, 3.63) is 164 Å². The maximum atomic E-state index is 5.47. The van der Waals surface area contributed by atoms with Crippen LogP contribution in [0.15, 0.2) is 164 Å². The van der Waals surface area contributed by atoms with Crippen molar-refractivity contribution in [3.63, 3.8) is 0 Å². The lowest BCUT2D eigenvalue weighted by molar-refractivity contribution is 0.415. The van der Waals surface area contributed by atoms with Gasteiger partial charge in [0.05, 0.1) is 70.1 Å². The number of aromatic nitrogens is 5. The van der Waals surface area contributed by atoms with Gasteiger partial charge in [-0.3, -0.25) is 0 Å². The van der Waals surface area contributed by atoms with E-state index in [0.29, 0.717) is 0 Å². The van der Waals surface area contributed by atoms with Gasteiger partial charge in [0.15, 0.2) is 0 Å². The van der Waals surface area contributed by atoms with Crippen molar-refractivity contribution in [2.45, 2.75) is 0 Å². The van der Waals surface area contributed by atoms with Crippen molar-refractivity contribution in [2.75, 3.05) is 14.2 Å². The smallest absolute Gasteiger partial charge is 0.118 e. The molecule has 0 aliphatic heterocycles. The molecule has 0 saturated carbocycles. The van der Waals surface area contributed by atoms with E-state index in [9.17, 15) is 0 Å². The number of methoxy groups -OCH3 is 2. The van der Waals surface area contributed by atoms with Crippen LogP contribution in [0.2, 0.25) is 0 Å². The molecule has 10 rings (SSSR count). The number of rotatable bonds is 7. The summed E-state index contributed by atoms with van der Waals surface area (Å²) in [7, 11) is 3.35. The van der Waals surface area contributed by atoms with E-state index in [0.717, 1.165) is 106 Å². The molecule has 0 bridgehead atoms. The van der Waals surface area contributed by atoms with Gasteiger partial charge in [0.1, 0.15) is 11.5 Å². The molecule has 0 aliphatic carbocycles. The summed E-state index contributed by atoms with van der Waals surface area (Å²) in [6.07, 6.45) is 0. The van der Waals surface area contributed by atoms with Crippen LogP contribution in [0.4, 0.5) is 0 Å². The van der Waals surface area contributed by atoms with Crippen molar-refractivity contribution in [1.82, 2.24) is 24.5 Å². The Morgan fingerprint density at radius 1 is 0.364 bits per heavy atom. The van der Waals surface area contributed by atoms with E-state index < -0.39 is 0 Å². The fourth-order valence-electron chi connectivity index (χ4n) is 7.48. The highest BCUT2D eigenvalue weighted by molar-refractivity contribution is 6.12. The number of nitrogens with zero attached hydrogens (tertiary/aromatic N) is 5. The van der Waals surface area contributed by atoms with Gasteiger partial charge in [-0.2, -0.15) is 0 Å². The lowest BCUT2D eigenvalue weighted by Gasteiger charge is -2.12. The van der Waals surface area contributed by atoms with Gasteiger partial charge >= 0.3 is 0 Å². The number of fused-ring (bicyclic) bond motifs is 5. The Kier molecular flexibility index (Phi) is 7.77. The van der Waals surface area contributed by atoms with Gasteiger partial charge in [0.25, 0.3) is 0 Å². The predicted octanol–water partition coefficient (Wildman–Crippen LogP) is 11.4. The minimum absolute atomic E-state index is 0.788. The van der Waals surface area contributed by atoms with Crippen LogP contribution in [0, 0.1) is 0 Å². The number of hydrogen-bond acceptors (Lipinski definition) is 6. The zero-order valence-electron chi connectivity index (χ0n) is 30.1. The molecule has 0 unspecified atom stereocenters. The fraction of sp³-hybridized carbons (Fsp3) is 0.0417. The molecule has 7 heteroatoms. The standard InChI is InChI=1S/C48H33N5O2/c1-54-35-22-16-30(17-23-35)45-47(51-41-14-8-6-12-39(41)49-45)32-20-26-43-37(28-32)38-29-33(21-27-44(38)53(43)34-10-4-3-5-11-34)48-46(31-18-24-36(55-2)25-19-31)50-40-13-7-9-15-42(40)52-48/h3-29H,1-2H3. The first-order valence-electron chi connectivity index (χ1n) is 18.1. The minimum Gasteiger partial charge on any atom is -0.497 e. The molecular weight excluding hydrogens is 679 g/mol. The lowest BCUT2D eigenvalue weighted by atomic mass is 9.99. The molecule has 7 aromatic carbocycles. The topological polar surface area (TPSA) is 75.0 Å². The Labute approximate surface area is 317 Å². The van der Waals surface area contributed by atoms with Crippen molar-refractivity contribution in [2.24, 2.45) is 0 Å². The second-order valence-corrected chi connectivity index (χ2v) is 13.4. The maximum absolute atomic E-state index is 5.47. The summed E-state index contributed by atoms with van der Waals surface area (Å²) in [5, 5.41) is 2.18. The Bertz CT molecular complexity index is 2860. The van der Waals surface area contributed by atoms with Crippen molar-refractivity contribution in [3.8, 4) is 62.2 Å². The van der Waals surface area contributed by atoms with Crippen LogP contribution in [-0.4, -0.2) is 38.7 Å². The summed E-state index contributed by atoms with van der Waals surface area (Å²) in [5.41, 5.74) is 13.7. The first kappa shape index (κ1) is 32.3. The first-order valence-corrected chi connectivity index (χ1v) is 18.1. The molecule has 262 valence electrons. The molecule has 3 heterocycles. The Morgan fingerprint density at radius 2 is 0.709 bits per heavy atom. The van der Waals surface area contributed by atoms with Crippen molar-refractivity contribution < 1.29 is 9.47 Å². The van der Waals surface area contributed by atoms with Gasteiger partial charge in [0, 0.05) is 38.7 Å². The third-order valence-corrected chi connectivity index (χ3v) is 10.2. The third-order valence-electron chi connectivity index (χ3n) is 10.2. The van der Waals surface area contributed by atoms with Gasteiger partial charge < -0.3 is 14.0 Å². The van der Waals surface area contributed by atoms with Gasteiger partial charge in [-0.15, -0.1) is 0 Å². The normalized spacial score (nSPS) is 11.5. The molecule has 0 amide bonds. The van der Waals surface area contributed by atoms with E-state index in [4.69, 9.17) is 29.4 Å². The maximum Gasteiger partial charge on any atom is 0.118 e. The number of para-hydroxylation sites is 5. The minimum atomic E-state index is 0.788. The molecule has 0 aliphatic rings. The molecule has 10 aromatic rings. The number of benzene rings is 7. The van der Waals surface area contributed by atoms with Gasteiger partial charge in [-0.25, -0.2) is 19.9 Å². The summed E-state index contributed by atoms with van der Waals surface area (Å²) in [5.74, 6) is 1.58. The van der Waals surface area contributed by atoms with Gasteiger partial charge in [-0.1, -0.05) is 54.6 Å². The van der Waals surface area contributed by atoms with E-state index in [-0.39, 0.29) is 0 Å². The van der Waals surface area contributed by atoms with Crippen LogP contribution < -0.4 is 9.47 Å². The first-order chi connectivity index (χ1) is 27.1. The monoisotopic (exact) mass is 711 g/mol. The molecule has 7 nitrogen and oxygen atoms in total. The van der Waals surface area contributed by atoms with E-state index in [1.165, 1.54) is 0 Å². The van der Waals surface area contributed by atoms with Gasteiger partial charge in [0.2, 0.25) is 0 Å². The Morgan fingerprint density at radius 3 is 1.09 bits per heavy atom. The lowest BCUT2D eigenvalue weighted by Crippen LogP contribution is -1.96. The highest BCUT2D eigenvalue weighted by Crippen LogP contribution is 2.40. The van der Waals surface area contributed by atoms with Crippen LogP contribution in [0.5, 0.6) is 11.5 Å². The van der Waals surface area contributed by atoms with E-state index in [1.54, 1.807) is 14.2 Å². The van der Waals surface area contributed by atoms with E-state index >= 15 is 0 Å². The summed E-state index contributed by atoms with van der Waals surface area (Å²) >= 11 is 0. The highest BCUT2D eigenvalue weighted by Gasteiger charge is 2.20. The summed E-state index contributed by atoms with van der Waals surface area (Å²) in [6, 6.07) is 55.8. The molecule has 0 saturated heterocycles. The zero-order valence-corrected chi connectivity index (χ0v) is 30.1. The van der Waals surface area contributed by atoms with E-state index in [1.807, 2.05) is 103 Å². The fourth-order valence-corrected chi connectivity index (χ4v) is 7.48. The third kappa shape index (κ3) is 5.61. The number of ether oxygens (including phenoxy) is 2.